The van der Waals surface area contributed by atoms with E-state index in [1.807, 2.05) is 31.2 Å². The van der Waals surface area contributed by atoms with Gasteiger partial charge in [-0.3, -0.25) is 9.59 Å². The number of amides is 2. The van der Waals surface area contributed by atoms with Crippen LogP contribution < -0.4 is 16.4 Å². The van der Waals surface area contributed by atoms with Crippen LogP contribution in [0.15, 0.2) is 30.5 Å². The lowest BCUT2D eigenvalue weighted by molar-refractivity contribution is -0.144. The summed E-state index contributed by atoms with van der Waals surface area (Å²) in [7, 11) is 0. The fourth-order valence-corrected chi connectivity index (χ4v) is 3.22. The smallest absolute Gasteiger partial charge is 0.326 e. The van der Waals surface area contributed by atoms with Gasteiger partial charge >= 0.3 is 5.97 Å². The Morgan fingerprint density at radius 1 is 1.10 bits per heavy atom. The molecule has 9 nitrogen and oxygen atoms in total. The van der Waals surface area contributed by atoms with Crippen LogP contribution in [0.3, 0.4) is 0 Å². The highest BCUT2D eigenvalue weighted by Crippen LogP contribution is 2.18. The number of aromatic nitrogens is 1. The highest BCUT2D eigenvalue weighted by atomic mass is 16.4. The average molecular weight is 418 g/mol. The van der Waals surface area contributed by atoms with Crippen molar-refractivity contribution in [1.29, 1.82) is 0 Å². The molecule has 0 spiro atoms. The van der Waals surface area contributed by atoms with Crippen molar-refractivity contribution in [2.24, 2.45) is 11.7 Å². The highest BCUT2D eigenvalue weighted by molar-refractivity contribution is 5.92. The van der Waals surface area contributed by atoms with E-state index < -0.39 is 42.0 Å². The Kier molecular flexibility index (Phi) is 7.96. The fourth-order valence-electron chi connectivity index (χ4n) is 3.22. The minimum atomic E-state index is -1.32. The number of aromatic amines is 1. The van der Waals surface area contributed by atoms with Crippen molar-refractivity contribution >= 4 is 28.7 Å². The molecule has 0 fully saturated rings. The third kappa shape index (κ3) is 5.58. The van der Waals surface area contributed by atoms with E-state index >= 15 is 0 Å². The van der Waals surface area contributed by atoms with Crippen molar-refractivity contribution in [3.8, 4) is 0 Å². The summed E-state index contributed by atoms with van der Waals surface area (Å²) in [5, 5.41) is 25.1. The van der Waals surface area contributed by atoms with Gasteiger partial charge in [-0.25, -0.2) is 4.79 Å². The van der Waals surface area contributed by atoms with Crippen LogP contribution in [0.4, 0.5) is 0 Å². The molecule has 5 atom stereocenters. The Labute approximate surface area is 175 Å². The van der Waals surface area contributed by atoms with E-state index in [9.17, 15) is 24.6 Å². The Balaban J connectivity index is 2.06. The number of hydrogen-bond donors (Lipinski definition) is 6. The predicted octanol–water partition coefficient (Wildman–Crippen LogP) is 0.519. The van der Waals surface area contributed by atoms with E-state index in [2.05, 4.69) is 15.6 Å². The molecule has 5 unspecified atom stereocenters. The molecule has 30 heavy (non-hydrogen) atoms. The van der Waals surface area contributed by atoms with Gasteiger partial charge in [0, 0.05) is 17.1 Å². The zero-order valence-electron chi connectivity index (χ0n) is 17.4. The zero-order valence-corrected chi connectivity index (χ0v) is 17.4. The van der Waals surface area contributed by atoms with Crippen LogP contribution in [0.25, 0.3) is 10.9 Å². The zero-order chi connectivity index (χ0) is 22.4. The molecule has 164 valence electrons. The summed E-state index contributed by atoms with van der Waals surface area (Å²) in [5.41, 5.74) is 7.81. The molecule has 0 aliphatic carbocycles. The van der Waals surface area contributed by atoms with Crippen molar-refractivity contribution in [3.05, 3.63) is 36.0 Å². The number of carboxylic acid groups (broad SMARTS) is 1. The van der Waals surface area contributed by atoms with Gasteiger partial charge < -0.3 is 31.6 Å². The SMILES string of the molecule is CCC(C)C(NC(=O)C(NC(=O)C(N)Cc1c[nH]c2ccccc12)C(C)O)C(=O)O. The first-order valence-electron chi connectivity index (χ1n) is 9.97. The molecule has 0 saturated carbocycles. The second-order valence-corrected chi connectivity index (χ2v) is 7.61. The van der Waals surface area contributed by atoms with Gasteiger partial charge in [-0.05, 0) is 30.9 Å². The predicted molar refractivity (Wildman–Crippen MR) is 113 cm³/mol. The number of nitrogens with one attached hydrogen (secondary N) is 3. The van der Waals surface area contributed by atoms with Gasteiger partial charge in [0.05, 0.1) is 12.1 Å². The first kappa shape index (κ1) is 23.4. The Hall–Kier alpha value is -2.91. The molecule has 0 aliphatic rings. The van der Waals surface area contributed by atoms with E-state index in [0.717, 1.165) is 16.5 Å². The molecule has 2 rings (SSSR count). The molecule has 9 heteroatoms. The number of aliphatic hydroxyl groups excluding tert-OH is 1. The van der Waals surface area contributed by atoms with Gasteiger partial charge in [0.2, 0.25) is 11.8 Å². The Morgan fingerprint density at radius 2 is 1.73 bits per heavy atom. The van der Waals surface area contributed by atoms with Crippen LogP contribution in [0.5, 0.6) is 0 Å². The molecule has 2 amide bonds. The number of carbonyl (C=O) groups excluding carboxylic acids is 2. The van der Waals surface area contributed by atoms with Crippen molar-refractivity contribution < 1.29 is 24.6 Å². The Bertz CT molecular complexity index is 894. The van der Waals surface area contributed by atoms with Gasteiger partial charge in [-0.15, -0.1) is 0 Å². The van der Waals surface area contributed by atoms with E-state index in [1.165, 1.54) is 6.92 Å². The van der Waals surface area contributed by atoms with E-state index in [0.29, 0.717) is 6.42 Å². The monoisotopic (exact) mass is 418 g/mol. The van der Waals surface area contributed by atoms with Crippen LogP contribution in [-0.4, -0.2) is 57.2 Å². The van der Waals surface area contributed by atoms with Crippen molar-refractivity contribution in [1.82, 2.24) is 15.6 Å². The number of hydrogen-bond acceptors (Lipinski definition) is 5. The first-order chi connectivity index (χ1) is 14.1. The number of benzene rings is 1. The van der Waals surface area contributed by atoms with Crippen LogP contribution in [0, 0.1) is 5.92 Å². The van der Waals surface area contributed by atoms with E-state index in [4.69, 9.17) is 5.73 Å². The third-order valence-corrected chi connectivity index (χ3v) is 5.29. The molecule has 0 radical (unpaired) electrons. The number of para-hydroxylation sites is 1. The van der Waals surface area contributed by atoms with Crippen LogP contribution >= 0.6 is 0 Å². The average Bonchev–Trinajstić information content (AvgIpc) is 3.11. The van der Waals surface area contributed by atoms with Crippen molar-refractivity contribution in [2.75, 3.05) is 0 Å². The maximum absolute atomic E-state index is 12.6. The number of H-pyrrole nitrogens is 1. The summed E-state index contributed by atoms with van der Waals surface area (Å²) < 4.78 is 0. The Morgan fingerprint density at radius 3 is 2.33 bits per heavy atom. The number of aliphatic carboxylic acids is 1. The minimum Gasteiger partial charge on any atom is -0.480 e. The maximum atomic E-state index is 12.6. The topological polar surface area (TPSA) is 158 Å². The molecule has 1 aromatic carbocycles. The summed E-state index contributed by atoms with van der Waals surface area (Å²) in [4.78, 5) is 39.7. The summed E-state index contributed by atoms with van der Waals surface area (Å²) in [6.07, 6.45) is 1.31. The van der Waals surface area contributed by atoms with Crippen LogP contribution in [0.1, 0.15) is 32.8 Å². The summed E-state index contributed by atoms with van der Waals surface area (Å²) in [5.74, 6) is -2.88. The third-order valence-electron chi connectivity index (χ3n) is 5.29. The van der Waals surface area contributed by atoms with Crippen LogP contribution in [-0.2, 0) is 20.8 Å². The quantitative estimate of drug-likeness (QED) is 0.330. The summed E-state index contributed by atoms with van der Waals surface area (Å²) in [6, 6.07) is 4.20. The number of nitrogens with two attached hydrogens (primary N) is 1. The molecule has 1 aromatic heterocycles. The standard InChI is InChI=1S/C21H30N4O5/c1-4-11(2)17(21(29)30)24-20(28)18(12(3)26)25-19(27)15(22)9-13-10-23-16-8-6-5-7-14(13)16/h5-8,10-12,15,17-18,23,26H,4,9,22H2,1-3H3,(H,24,28)(H,25,27)(H,29,30). The van der Waals surface area contributed by atoms with Crippen molar-refractivity contribution in [2.45, 2.75) is 57.8 Å². The van der Waals surface area contributed by atoms with Crippen molar-refractivity contribution in [3.63, 3.8) is 0 Å². The summed E-state index contributed by atoms with van der Waals surface area (Å²) in [6.45, 7) is 4.85. The molecule has 0 saturated heterocycles. The van der Waals surface area contributed by atoms with Gasteiger partial charge in [0.25, 0.3) is 0 Å². The van der Waals surface area contributed by atoms with Gasteiger partial charge in [-0.2, -0.15) is 0 Å². The number of aliphatic hydroxyl groups is 1. The van der Waals surface area contributed by atoms with Gasteiger partial charge in [0.15, 0.2) is 0 Å². The number of carbonyl (C=O) groups is 3. The molecule has 0 bridgehead atoms. The molecular formula is C21H30N4O5. The second kappa shape index (κ2) is 10.2. The normalized spacial score (nSPS) is 16.3. The molecular weight excluding hydrogens is 388 g/mol. The van der Waals surface area contributed by atoms with E-state index in [1.54, 1.807) is 13.1 Å². The lowest BCUT2D eigenvalue weighted by Gasteiger charge is -2.26. The molecule has 0 aliphatic heterocycles. The number of rotatable bonds is 10. The lowest BCUT2D eigenvalue weighted by Crippen LogP contribution is -2.59. The highest BCUT2D eigenvalue weighted by Gasteiger charge is 2.32. The largest absolute Gasteiger partial charge is 0.480 e. The second-order valence-electron chi connectivity index (χ2n) is 7.61. The number of carboxylic acids is 1. The molecule has 2 aromatic rings. The fraction of sp³-hybridized carbons (Fsp3) is 0.476. The summed E-state index contributed by atoms with van der Waals surface area (Å²) >= 11 is 0. The van der Waals surface area contributed by atoms with Gasteiger partial charge in [0.1, 0.15) is 12.1 Å². The molecule has 7 N–H and O–H groups in total. The minimum absolute atomic E-state index is 0.231. The maximum Gasteiger partial charge on any atom is 0.326 e. The first-order valence-corrected chi connectivity index (χ1v) is 9.97. The molecule has 1 heterocycles. The van der Waals surface area contributed by atoms with Crippen LogP contribution in [0.2, 0.25) is 0 Å². The van der Waals surface area contributed by atoms with Gasteiger partial charge in [-0.1, -0.05) is 38.5 Å². The lowest BCUT2D eigenvalue weighted by atomic mass is 9.98. The number of fused-ring (bicyclic) bond motifs is 1. The van der Waals surface area contributed by atoms with E-state index in [-0.39, 0.29) is 12.3 Å².